The molecular formula is C24H27ClN4O6. The summed E-state index contributed by atoms with van der Waals surface area (Å²) in [4.78, 5) is 22.8. The minimum absolute atomic E-state index is 0.458. The van der Waals surface area contributed by atoms with Crippen molar-refractivity contribution in [1.29, 1.82) is 0 Å². The van der Waals surface area contributed by atoms with E-state index in [4.69, 9.17) is 21.3 Å². The van der Waals surface area contributed by atoms with Crippen molar-refractivity contribution in [3.8, 4) is 0 Å². The van der Waals surface area contributed by atoms with Crippen molar-refractivity contribution in [1.82, 2.24) is 9.80 Å². The number of rotatable bonds is 2. The average molecular weight is 503 g/mol. The van der Waals surface area contributed by atoms with Gasteiger partial charge in [0.2, 0.25) is 0 Å². The first kappa shape index (κ1) is 24.0. The molecule has 3 aliphatic rings. The molecule has 186 valence electrons. The summed E-state index contributed by atoms with van der Waals surface area (Å²) in [7, 11) is 2.07. The number of carboxylic acids is 1. The van der Waals surface area contributed by atoms with Gasteiger partial charge < -0.3 is 39.9 Å². The van der Waals surface area contributed by atoms with Crippen molar-refractivity contribution in [3.05, 3.63) is 53.1 Å². The van der Waals surface area contributed by atoms with Gasteiger partial charge in [-0.05, 0) is 37.4 Å². The lowest BCUT2D eigenvalue weighted by atomic mass is 9.96. The number of aliphatic imine (C=N–C) groups is 1. The molecule has 2 fully saturated rings. The molecule has 11 heteroatoms. The second-order valence-corrected chi connectivity index (χ2v) is 9.44. The van der Waals surface area contributed by atoms with Crippen molar-refractivity contribution < 1.29 is 30.0 Å². The number of anilines is 2. The Bertz CT molecular complexity index is 1150. The highest BCUT2D eigenvalue weighted by Crippen LogP contribution is 2.44. The van der Waals surface area contributed by atoms with Crippen molar-refractivity contribution >= 4 is 40.5 Å². The SMILES string of the molecule is CN1CCN(C2=Nc3cc(Cl)ccc3N([C@H]3O[C@@H](C(=O)O)[C@H](O)[C@@H](O)[C@@H]3O)c3ccccc32)CC1. The molecule has 0 amide bonds. The number of nitrogens with zero attached hydrogens (tertiary/aromatic N) is 4. The largest absolute Gasteiger partial charge is 0.479 e. The van der Waals surface area contributed by atoms with Crippen LogP contribution in [0.4, 0.5) is 17.1 Å². The third-order valence-corrected chi connectivity index (χ3v) is 6.95. The van der Waals surface area contributed by atoms with Crippen LogP contribution < -0.4 is 4.90 Å². The van der Waals surface area contributed by atoms with E-state index in [2.05, 4.69) is 16.8 Å². The molecule has 2 aromatic rings. The number of aliphatic carboxylic acids is 1. The molecule has 5 rings (SSSR count). The Hall–Kier alpha value is -2.73. The van der Waals surface area contributed by atoms with Gasteiger partial charge in [0.05, 0.1) is 17.1 Å². The van der Waals surface area contributed by atoms with Gasteiger partial charge in [0.1, 0.15) is 24.1 Å². The number of hydrogen-bond donors (Lipinski definition) is 4. The van der Waals surface area contributed by atoms with Crippen LogP contribution in [0.2, 0.25) is 5.02 Å². The minimum atomic E-state index is -1.79. The lowest BCUT2D eigenvalue weighted by molar-refractivity contribution is -0.225. The third kappa shape index (κ3) is 4.26. The predicted octanol–water partition coefficient (Wildman–Crippen LogP) is 1.01. The molecule has 3 aliphatic heterocycles. The fourth-order valence-corrected chi connectivity index (χ4v) is 4.95. The molecule has 0 aliphatic carbocycles. The van der Waals surface area contributed by atoms with E-state index < -0.39 is 36.6 Å². The molecular weight excluding hydrogens is 476 g/mol. The molecule has 0 aromatic heterocycles. The number of carbonyl (C=O) groups is 1. The minimum Gasteiger partial charge on any atom is -0.479 e. The summed E-state index contributed by atoms with van der Waals surface area (Å²) in [5.74, 6) is -0.720. The summed E-state index contributed by atoms with van der Waals surface area (Å²) in [6.07, 6.45) is -8.19. The highest BCUT2D eigenvalue weighted by molar-refractivity contribution is 6.31. The van der Waals surface area contributed by atoms with Gasteiger partial charge in [0.15, 0.2) is 12.3 Å². The Morgan fingerprint density at radius 3 is 2.43 bits per heavy atom. The number of para-hydroxylation sites is 1. The van der Waals surface area contributed by atoms with Crippen molar-refractivity contribution in [3.63, 3.8) is 0 Å². The van der Waals surface area contributed by atoms with Gasteiger partial charge in [-0.2, -0.15) is 0 Å². The summed E-state index contributed by atoms with van der Waals surface area (Å²) in [6.45, 7) is 3.24. The number of piperazine rings is 1. The normalized spacial score (nSPS) is 29.2. The monoisotopic (exact) mass is 502 g/mol. The van der Waals surface area contributed by atoms with Crippen LogP contribution in [0.1, 0.15) is 5.56 Å². The maximum absolute atomic E-state index is 11.8. The Labute approximate surface area is 207 Å². The Kier molecular flexibility index (Phi) is 6.43. The zero-order valence-corrected chi connectivity index (χ0v) is 19.8. The molecule has 0 bridgehead atoms. The van der Waals surface area contributed by atoms with Crippen LogP contribution in [-0.4, -0.2) is 106 Å². The number of carboxylic acid groups (broad SMARTS) is 1. The fourth-order valence-electron chi connectivity index (χ4n) is 4.78. The summed E-state index contributed by atoms with van der Waals surface area (Å²) in [5, 5.41) is 41.8. The second kappa shape index (κ2) is 9.38. The molecule has 0 saturated carbocycles. The van der Waals surface area contributed by atoms with E-state index in [0.717, 1.165) is 37.6 Å². The molecule has 0 unspecified atom stereocenters. The number of hydrogen-bond acceptors (Lipinski definition) is 9. The van der Waals surface area contributed by atoms with Crippen LogP contribution in [0.15, 0.2) is 47.5 Å². The first-order chi connectivity index (χ1) is 16.8. The molecule has 2 aromatic carbocycles. The van der Waals surface area contributed by atoms with E-state index in [1.165, 1.54) is 0 Å². The topological polar surface area (TPSA) is 129 Å². The van der Waals surface area contributed by atoms with Crippen LogP contribution >= 0.6 is 11.6 Å². The van der Waals surface area contributed by atoms with Crippen LogP contribution in [-0.2, 0) is 9.53 Å². The maximum Gasteiger partial charge on any atom is 0.335 e. The van der Waals surface area contributed by atoms with Crippen LogP contribution in [0.25, 0.3) is 0 Å². The lowest BCUT2D eigenvalue weighted by Crippen LogP contribution is -2.63. The van der Waals surface area contributed by atoms with Crippen LogP contribution in [0.5, 0.6) is 0 Å². The molecule has 4 N–H and O–H groups in total. The number of aliphatic hydroxyl groups excluding tert-OH is 3. The molecule has 0 spiro atoms. The van der Waals surface area contributed by atoms with E-state index >= 15 is 0 Å². The molecule has 10 nitrogen and oxygen atoms in total. The maximum atomic E-state index is 11.8. The first-order valence-corrected chi connectivity index (χ1v) is 11.8. The second-order valence-electron chi connectivity index (χ2n) is 9.00. The third-order valence-electron chi connectivity index (χ3n) is 6.72. The highest BCUT2D eigenvalue weighted by Gasteiger charge is 2.50. The van der Waals surface area contributed by atoms with Gasteiger partial charge in [-0.1, -0.05) is 23.7 Å². The van der Waals surface area contributed by atoms with E-state index in [1.807, 2.05) is 24.3 Å². The van der Waals surface area contributed by atoms with Crippen molar-refractivity contribution in [2.45, 2.75) is 30.6 Å². The number of benzene rings is 2. The molecule has 5 atom stereocenters. The van der Waals surface area contributed by atoms with Gasteiger partial charge in [-0.3, -0.25) is 0 Å². The van der Waals surface area contributed by atoms with E-state index in [1.54, 1.807) is 23.1 Å². The Morgan fingerprint density at radius 2 is 1.71 bits per heavy atom. The molecule has 2 saturated heterocycles. The smallest absolute Gasteiger partial charge is 0.335 e. The quantitative estimate of drug-likeness (QED) is 0.475. The number of ether oxygens (including phenoxy) is 1. The highest BCUT2D eigenvalue weighted by atomic mass is 35.5. The van der Waals surface area contributed by atoms with Crippen LogP contribution in [0, 0.1) is 0 Å². The average Bonchev–Trinajstić information content (AvgIpc) is 2.98. The molecule has 0 radical (unpaired) electrons. The molecule has 35 heavy (non-hydrogen) atoms. The summed E-state index contributed by atoms with van der Waals surface area (Å²) in [6, 6.07) is 12.5. The van der Waals surface area contributed by atoms with Crippen molar-refractivity contribution in [2.75, 3.05) is 38.1 Å². The first-order valence-electron chi connectivity index (χ1n) is 11.4. The van der Waals surface area contributed by atoms with Crippen molar-refractivity contribution in [2.24, 2.45) is 4.99 Å². The predicted molar refractivity (Wildman–Crippen MR) is 130 cm³/mol. The zero-order chi connectivity index (χ0) is 24.9. The number of aliphatic hydroxyl groups is 3. The van der Waals surface area contributed by atoms with Crippen LogP contribution in [0.3, 0.4) is 0 Å². The standard InChI is InChI=1S/C24H27ClN4O6/c1-27-8-10-28(11-9-27)22-14-4-2-3-5-16(14)29(17-7-6-13(25)12-15(17)26-22)23-20(32)18(30)19(31)21(35-23)24(33)34/h2-7,12,18-21,23,30-32H,8-11H2,1H3,(H,33,34)/t18-,19-,20+,21-,23+/m1/s1. The van der Waals surface area contributed by atoms with E-state index in [9.17, 15) is 25.2 Å². The number of halogens is 1. The van der Waals surface area contributed by atoms with Gasteiger partial charge >= 0.3 is 5.97 Å². The Morgan fingerprint density at radius 1 is 1.00 bits per heavy atom. The van der Waals surface area contributed by atoms with Gasteiger partial charge in [0.25, 0.3) is 0 Å². The molecule has 3 heterocycles. The number of amidine groups is 1. The number of fused-ring (bicyclic) bond motifs is 2. The lowest BCUT2D eigenvalue weighted by Gasteiger charge is -2.44. The summed E-state index contributed by atoms with van der Waals surface area (Å²) in [5.41, 5.74) is 2.39. The summed E-state index contributed by atoms with van der Waals surface area (Å²) >= 11 is 6.32. The van der Waals surface area contributed by atoms with Gasteiger partial charge in [0, 0.05) is 36.8 Å². The number of likely N-dealkylation sites (N-methyl/N-ethyl adjacent to an activating group) is 1. The van der Waals surface area contributed by atoms with Gasteiger partial charge in [-0.15, -0.1) is 0 Å². The van der Waals surface area contributed by atoms with E-state index in [-0.39, 0.29) is 0 Å². The fraction of sp³-hybridized carbons (Fsp3) is 0.417. The summed E-state index contributed by atoms with van der Waals surface area (Å²) < 4.78 is 5.74. The Balaban J connectivity index is 1.67. The van der Waals surface area contributed by atoms with E-state index in [0.29, 0.717) is 22.1 Å². The zero-order valence-electron chi connectivity index (χ0n) is 19.0. The van der Waals surface area contributed by atoms with Gasteiger partial charge in [-0.25, -0.2) is 9.79 Å².